The fourth-order valence-electron chi connectivity index (χ4n) is 0.951. The lowest BCUT2D eigenvalue weighted by Gasteiger charge is -1.83. The van der Waals surface area contributed by atoms with Gasteiger partial charge in [-0.15, -0.1) is 11.3 Å². The zero-order valence-corrected chi connectivity index (χ0v) is 6.94. The van der Waals surface area contributed by atoms with Crippen LogP contribution in [0.25, 0.3) is 10.4 Å². The van der Waals surface area contributed by atoms with E-state index in [1.165, 1.54) is 4.88 Å². The number of hydrogen-bond donors (Lipinski definition) is 0. The lowest BCUT2D eigenvalue weighted by molar-refractivity contribution is 0.526. The first kappa shape index (κ1) is 6.68. The molecule has 0 fully saturated rings. The van der Waals surface area contributed by atoms with E-state index in [0.29, 0.717) is 0 Å². The molecule has 11 heavy (non-hydrogen) atoms. The Morgan fingerprint density at radius 3 is 3.00 bits per heavy atom. The summed E-state index contributed by atoms with van der Waals surface area (Å²) in [6.07, 6.45) is 2.84. The van der Waals surface area contributed by atoms with Gasteiger partial charge in [0.15, 0.2) is 6.26 Å². The summed E-state index contributed by atoms with van der Waals surface area (Å²) in [6.45, 7) is 1.92. The minimum atomic E-state index is 0.911. The van der Waals surface area contributed by atoms with E-state index >= 15 is 0 Å². The van der Waals surface area contributed by atoms with E-state index in [4.69, 9.17) is 4.42 Å². The van der Waals surface area contributed by atoms with Crippen molar-refractivity contribution in [2.45, 2.75) is 6.92 Å². The van der Waals surface area contributed by atoms with Gasteiger partial charge in [0.25, 0.3) is 0 Å². The SMILES string of the molecule is Cc1cc(-c2cccs2)[c]o1. The molecule has 0 spiro atoms. The van der Waals surface area contributed by atoms with Gasteiger partial charge in [-0.25, -0.2) is 0 Å². The molecule has 55 valence electrons. The average Bonchev–Trinajstić information content (AvgIpc) is 2.55. The van der Waals surface area contributed by atoms with Gasteiger partial charge >= 0.3 is 0 Å². The summed E-state index contributed by atoms with van der Waals surface area (Å²) in [5.74, 6) is 0.911. The normalized spacial score (nSPS) is 10.3. The molecule has 0 aromatic carbocycles. The monoisotopic (exact) mass is 163 g/mol. The van der Waals surface area contributed by atoms with Crippen molar-refractivity contribution in [3.8, 4) is 10.4 Å². The molecule has 0 aliphatic carbocycles. The molecule has 0 amide bonds. The highest BCUT2D eigenvalue weighted by atomic mass is 32.1. The highest BCUT2D eigenvalue weighted by molar-refractivity contribution is 7.13. The van der Waals surface area contributed by atoms with Crippen LogP contribution in [0.15, 0.2) is 28.0 Å². The van der Waals surface area contributed by atoms with Crippen molar-refractivity contribution >= 4 is 11.3 Å². The first-order chi connectivity index (χ1) is 5.36. The quantitative estimate of drug-likeness (QED) is 0.629. The van der Waals surface area contributed by atoms with Crippen LogP contribution in [0.5, 0.6) is 0 Å². The van der Waals surface area contributed by atoms with Crippen molar-refractivity contribution in [2.75, 3.05) is 0 Å². The summed E-state index contributed by atoms with van der Waals surface area (Å²) in [4.78, 5) is 1.21. The minimum absolute atomic E-state index is 0.911. The number of aryl methyl sites for hydroxylation is 1. The molecule has 0 bridgehead atoms. The van der Waals surface area contributed by atoms with Crippen LogP contribution < -0.4 is 0 Å². The summed E-state index contributed by atoms with van der Waals surface area (Å²) in [7, 11) is 0. The summed E-state index contributed by atoms with van der Waals surface area (Å²) in [6, 6.07) is 6.08. The molecule has 0 saturated carbocycles. The largest absolute Gasteiger partial charge is 0.457 e. The van der Waals surface area contributed by atoms with Gasteiger partial charge < -0.3 is 4.42 Å². The Kier molecular flexibility index (Phi) is 1.55. The van der Waals surface area contributed by atoms with Crippen LogP contribution in [0.2, 0.25) is 0 Å². The first-order valence-corrected chi connectivity index (χ1v) is 4.26. The average molecular weight is 163 g/mol. The van der Waals surface area contributed by atoms with Crippen molar-refractivity contribution in [3.05, 3.63) is 35.6 Å². The molecule has 0 aliphatic rings. The molecular formula is C9H7OS. The highest BCUT2D eigenvalue weighted by Crippen LogP contribution is 2.25. The first-order valence-electron chi connectivity index (χ1n) is 3.38. The molecule has 2 aromatic rings. The standard InChI is InChI=1S/C9H7OS/c1-7-5-8(6-10-7)9-3-2-4-11-9/h2-5H,1H3. The second-order valence-corrected chi connectivity index (χ2v) is 3.30. The van der Waals surface area contributed by atoms with E-state index in [1.807, 2.05) is 24.4 Å². The van der Waals surface area contributed by atoms with Crippen molar-refractivity contribution < 1.29 is 4.42 Å². The van der Waals surface area contributed by atoms with E-state index in [1.54, 1.807) is 11.3 Å². The Balaban J connectivity index is 2.45. The molecule has 1 radical (unpaired) electrons. The van der Waals surface area contributed by atoms with Crippen LogP contribution in [-0.2, 0) is 0 Å². The van der Waals surface area contributed by atoms with Crippen LogP contribution in [-0.4, -0.2) is 0 Å². The zero-order chi connectivity index (χ0) is 7.68. The van der Waals surface area contributed by atoms with Gasteiger partial charge in [-0.3, -0.25) is 0 Å². The van der Waals surface area contributed by atoms with Crippen LogP contribution >= 0.6 is 11.3 Å². The van der Waals surface area contributed by atoms with Gasteiger partial charge in [0.1, 0.15) is 5.76 Å². The molecule has 2 rings (SSSR count). The Labute approximate surface area is 69.3 Å². The van der Waals surface area contributed by atoms with E-state index in [9.17, 15) is 0 Å². The van der Waals surface area contributed by atoms with E-state index in [-0.39, 0.29) is 0 Å². The predicted molar refractivity (Wildman–Crippen MR) is 45.6 cm³/mol. The Hall–Kier alpha value is -1.02. The molecule has 0 saturated heterocycles. The van der Waals surface area contributed by atoms with E-state index in [2.05, 4.69) is 12.3 Å². The molecule has 0 N–H and O–H groups in total. The summed E-state index contributed by atoms with van der Waals surface area (Å²) in [5.41, 5.74) is 1.05. The smallest absolute Gasteiger partial charge is 0.178 e. The van der Waals surface area contributed by atoms with E-state index in [0.717, 1.165) is 11.3 Å². The highest BCUT2D eigenvalue weighted by Gasteiger charge is 2.01. The van der Waals surface area contributed by atoms with Crippen LogP contribution in [0.1, 0.15) is 5.76 Å². The van der Waals surface area contributed by atoms with Crippen molar-refractivity contribution in [1.29, 1.82) is 0 Å². The second kappa shape index (κ2) is 2.55. The summed E-state index contributed by atoms with van der Waals surface area (Å²) in [5, 5.41) is 2.05. The summed E-state index contributed by atoms with van der Waals surface area (Å²) >= 11 is 1.70. The third kappa shape index (κ3) is 1.21. The van der Waals surface area contributed by atoms with Crippen LogP contribution in [0.3, 0.4) is 0 Å². The van der Waals surface area contributed by atoms with Crippen LogP contribution in [0, 0.1) is 13.2 Å². The van der Waals surface area contributed by atoms with Gasteiger partial charge in [0.05, 0.1) is 0 Å². The number of thiophene rings is 1. The van der Waals surface area contributed by atoms with Gasteiger partial charge in [0.2, 0.25) is 0 Å². The maximum absolute atomic E-state index is 5.07. The van der Waals surface area contributed by atoms with Gasteiger partial charge in [0, 0.05) is 10.4 Å². The van der Waals surface area contributed by atoms with Gasteiger partial charge in [-0.05, 0) is 24.4 Å². The predicted octanol–water partition coefficient (Wildman–Crippen LogP) is 3.12. The van der Waals surface area contributed by atoms with Crippen molar-refractivity contribution in [2.24, 2.45) is 0 Å². The number of hydrogen-bond acceptors (Lipinski definition) is 2. The number of rotatable bonds is 1. The fourth-order valence-corrected chi connectivity index (χ4v) is 1.64. The zero-order valence-electron chi connectivity index (χ0n) is 6.13. The molecule has 0 aliphatic heterocycles. The van der Waals surface area contributed by atoms with Gasteiger partial charge in [-0.1, -0.05) is 6.07 Å². The lowest BCUT2D eigenvalue weighted by atomic mass is 10.3. The molecule has 1 nitrogen and oxygen atoms in total. The van der Waals surface area contributed by atoms with E-state index < -0.39 is 0 Å². The topological polar surface area (TPSA) is 13.1 Å². The maximum Gasteiger partial charge on any atom is 0.178 e. The molecule has 2 heterocycles. The molecule has 0 unspecified atom stereocenters. The summed E-state index contributed by atoms with van der Waals surface area (Å²) < 4.78 is 5.07. The van der Waals surface area contributed by atoms with Crippen molar-refractivity contribution in [1.82, 2.24) is 0 Å². The van der Waals surface area contributed by atoms with Crippen LogP contribution in [0.4, 0.5) is 0 Å². The molecule has 2 heteroatoms. The lowest BCUT2D eigenvalue weighted by Crippen LogP contribution is -1.60. The Morgan fingerprint density at radius 2 is 2.45 bits per heavy atom. The molecule has 0 atom stereocenters. The second-order valence-electron chi connectivity index (χ2n) is 2.35. The third-order valence-electron chi connectivity index (χ3n) is 1.46. The minimum Gasteiger partial charge on any atom is -0.457 e. The maximum atomic E-state index is 5.07. The molecule has 2 aromatic heterocycles. The molecular weight excluding hydrogens is 156 g/mol. The Bertz CT molecular complexity index is 332. The third-order valence-corrected chi connectivity index (χ3v) is 2.36. The fraction of sp³-hybridized carbons (Fsp3) is 0.111. The number of furan rings is 1. The Morgan fingerprint density at radius 1 is 1.55 bits per heavy atom. The van der Waals surface area contributed by atoms with Gasteiger partial charge in [-0.2, -0.15) is 0 Å². The van der Waals surface area contributed by atoms with Crippen molar-refractivity contribution in [3.63, 3.8) is 0 Å².